The standard InChI is InChI=1S/C7H8ClN/c8-6-9-7-4-2-1-3-5-7/h1-5,9H,6H2. The molecule has 48 valence electrons. The Hall–Kier alpha value is -0.690. The van der Waals surface area contributed by atoms with E-state index in [-0.39, 0.29) is 0 Å². The predicted molar refractivity (Wildman–Crippen MR) is 40.8 cm³/mol. The summed E-state index contributed by atoms with van der Waals surface area (Å²) in [5.74, 6) is 0. The molecule has 0 atom stereocenters. The zero-order valence-corrected chi connectivity index (χ0v) is 5.73. The number of alkyl halides is 1. The third-order valence-electron chi connectivity index (χ3n) is 1.04. The van der Waals surface area contributed by atoms with Gasteiger partial charge in [-0.15, -0.1) is 11.6 Å². The monoisotopic (exact) mass is 141 g/mol. The van der Waals surface area contributed by atoms with Crippen molar-refractivity contribution in [3.63, 3.8) is 0 Å². The van der Waals surface area contributed by atoms with E-state index in [1.54, 1.807) is 0 Å². The van der Waals surface area contributed by atoms with Crippen molar-refractivity contribution in [1.82, 2.24) is 0 Å². The lowest BCUT2D eigenvalue weighted by Gasteiger charge is -1.97. The zero-order valence-electron chi connectivity index (χ0n) is 4.97. The minimum absolute atomic E-state index is 0.462. The van der Waals surface area contributed by atoms with Gasteiger partial charge in [-0.05, 0) is 12.1 Å². The molecule has 0 aliphatic rings. The van der Waals surface area contributed by atoms with Crippen molar-refractivity contribution in [3.05, 3.63) is 30.3 Å². The molecule has 9 heavy (non-hydrogen) atoms. The minimum atomic E-state index is 0.462. The zero-order chi connectivity index (χ0) is 6.53. The number of rotatable bonds is 2. The van der Waals surface area contributed by atoms with Gasteiger partial charge in [-0.25, -0.2) is 0 Å². The van der Waals surface area contributed by atoms with Gasteiger partial charge in [0.1, 0.15) is 0 Å². The van der Waals surface area contributed by atoms with Gasteiger partial charge in [-0.3, -0.25) is 0 Å². The molecule has 0 radical (unpaired) electrons. The van der Waals surface area contributed by atoms with Crippen molar-refractivity contribution in [2.24, 2.45) is 0 Å². The maximum absolute atomic E-state index is 5.42. The van der Waals surface area contributed by atoms with E-state index in [1.807, 2.05) is 30.3 Å². The molecule has 2 heteroatoms. The number of anilines is 1. The topological polar surface area (TPSA) is 12.0 Å². The predicted octanol–water partition coefficient (Wildman–Crippen LogP) is 2.29. The van der Waals surface area contributed by atoms with Crippen molar-refractivity contribution < 1.29 is 0 Å². The molecule has 0 aliphatic heterocycles. The summed E-state index contributed by atoms with van der Waals surface area (Å²) in [4.78, 5) is 0. The van der Waals surface area contributed by atoms with Gasteiger partial charge in [0.05, 0.1) is 6.00 Å². The van der Waals surface area contributed by atoms with Crippen LogP contribution in [-0.2, 0) is 0 Å². The van der Waals surface area contributed by atoms with Gasteiger partial charge >= 0.3 is 0 Å². The van der Waals surface area contributed by atoms with Gasteiger partial charge in [0.15, 0.2) is 0 Å². The summed E-state index contributed by atoms with van der Waals surface area (Å²) in [5.41, 5.74) is 1.06. The highest BCUT2D eigenvalue weighted by atomic mass is 35.5. The van der Waals surface area contributed by atoms with Crippen LogP contribution in [0.5, 0.6) is 0 Å². The summed E-state index contributed by atoms with van der Waals surface area (Å²) in [7, 11) is 0. The maximum atomic E-state index is 5.42. The lowest BCUT2D eigenvalue weighted by molar-refractivity contribution is 1.45. The molecule has 0 fully saturated rings. The Morgan fingerprint density at radius 3 is 2.44 bits per heavy atom. The number of hydrogen-bond acceptors (Lipinski definition) is 1. The molecular weight excluding hydrogens is 134 g/mol. The highest BCUT2D eigenvalue weighted by Crippen LogP contribution is 2.03. The van der Waals surface area contributed by atoms with Crippen molar-refractivity contribution in [2.45, 2.75) is 0 Å². The Labute approximate surface area is 59.6 Å². The lowest BCUT2D eigenvalue weighted by atomic mass is 10.3. The molecule has 0 aromatic heterocycles. The first kappa shape index (κ1) is 6.43. The molecule has 0 unspecified atom stereocenters. The van der Waals surface area contributed by atoms with E-state index in [1.165, 1.54) is 0 Å². The van der Waals surface area contributed by atoms with Crippen LogP contribution in [0.3, 0.4) is 0 Å². The molecule has 0 saturated heterocycles. The number of benzene rings is 1. The molecule has 0 saturated carbocycles. The fourth-order valence-corrected chi connectivity index (χ4v) is 0.787. The minimum Gasteiger partial charge on any atom is -0.372 e. The Morgan fingerprint density at radius 1 is 1.22 bits per heavy atom. The van der Waals surface area contributed by atoms with Crippen LogP contribution in [0.25, 0.3) is 0 Å². The summed E-state index contributed by atoms with van der Waals surface area (Å²) in [6.45, 7) is 0. The van der Waals surface area contributed by atoms with E-state index in [4.69, 9.17) is 11.6 Å². The van der Waals surface area contributed by atoms with Crippen molar-refractivity contribution in [3.8, 4) is 0 Å². The SMILES string of the molecule is ClCNc1ccccc1. The molecular formula is C7H8ClN. The number of halogens is 1. The molecule has 1 aromatic carbocycles. The second-order valence-electron chi connectivity index (χ2n) is 1.68. The largest absolute Gasteiger partial charge is 0.372 e. The second-order valence-corrected chi connectivity index (χ2v) is 1.94. The molecule has 0 spiro atoms. The lowest BCUT2D eigenvalue weighted by Crippen LogP contribution is -1.92. The number of nitrogens with one attached hydrogen (secondary N) is 1. The number of para-hydroxylation sites is 1. The summed E-state index contributed by atoms with van der Waals surface area (Å²) < 4.78 is 0. The van der Waals surface area contributed by atoms with Crippen LogP contribution >= 0.6 is 11.6 Å². The van der Waals surface area contributed by atoms with Gasteiger partial charge in [0.25, 0.3) is 0 Å². The highest BCUT2D eigenvalue weighted by molar-refractivity contribution is 6.18. The van der Waals surface area contributed by atoms with E-state index in [0.29, 0.717) is 6.00 Å². The summed E-state index contributed by atoms with van der Waals surface area (Å²) in [6, 6.07) is 10.3. The Balaban J connectivity index is 2.61. The highest BCUT2D eigenvalue weighted by Gasteiger charge is 1.82. The summed E-state index contributed by atoms with van der Waals surface area (Å²) >= 11 is 5.42. The van der Waals surface area contributed by atoms with Crippen LogP contribution in [0.1, 0.15) is 0 Å². The molecule has 0 heterocycles. The smallest absolute Gasteiger partial charge is 0.0901 e. The van der Waals surface area contributed by atoms with E-state index >= 15 is 0 Å². The van der Waals surface area contributed by atoms with Crippen LogP contribution in [-0.4, -0.2) is 6.00 Å². The number of hydrogen-bond donors (Lipinski definition) is 1. The Bertz CT molecular complexity index is 162. The van der Waals surface area contributed by atoms with E-state index in [0.717, 1.165) is 5.69 Å². The molecule has 0 aliphatic carbocycles. The van der Waals surface area contributed by atoms with Gasteiger partial charge in [-0.1, -0.05) is 18.2 Å². The van der Waals surface area contributed by atoms with Gasteiger partial charge in [0, 0.05) is 5.69 Å². The molecule has 1 N–H and O–H groups in total. The molecule has 1 aromatic rings. The first-order valence-corrected chi connectivity index (χ1v) is 3.32. The first-order chi connectivity index (χ1) is 4.43. The molecule has 0 bridgehead atoms. The van der Waals surface area contributed by atoms with Crippen molar-refractivity contribution in [2.75, 3.05) is 11.3 Å². The van der Waals surface area contributed by atoms with Crippen LogP contribution in [0, 0.1) is 0 Å². The van der Waals surface area contributed by atoms with Crippen molar-refractivity contribution >= 4 is 17.3 Å². The summed E-state index contributed by atoms with van der Waals surface area (Å²) in [5, 5.41) is 2.97. The van der Waals surface area contributed by atoms with Crippen LogP contribution < -0.4 is 5.32 Å². The fraction of sp³-hybridized carbons (Fsp3) is 0.143. The average molecular weight is 142 g/mol. The van der Waals surface area contributed by atoms with Gasteiger partial charge < -0.3 is 5.32 Å². The second kappa shape index (κ2) is 3.36. The third-order valence-corrected chi connectivity index (χ3v) is 1.18. The molecule has 0 amide bonds. The van der Waals surface area contributed by atoms with E-state index in [9.17, 15) is 0 Å². The average Bonchev–Trinajstić information content (AvgIpc) is 1.91. The van der Waals surface area contributed by atoms with Gasteiger partial charge in [0.2, 0.25) is 0 Å². The van der Waals surface area contributed by atoms with E-state index in [2.05, 4.69) is 5.32 Å². The fourth-order valence-electron chi connectivity index (χ4n) is 0.633. The Kier molecular flexibility index (Phi) is 2.40. The first-order valence-electron chi connectivity index (χ1n) is 2.78. The quantitative estimate of drug-likeness (QED) is 0.492. The molecule has 1 rings (SSSR count). The van der Waals surface area contributed by atoms with Crippen molar-refractivity contribution in [1.29, 1.82) is 0 Å². The summed E-state index contributed by atoms with van der Waals surface area (Å²) in [6.07, 6.45) is 0. The maximum Gasteiger partial charge on any atom is 0.0901 e. The van der Waals surface area contributed by atoms with Crippen LogP contribution in [0.2, 0.25) is 0 Å². The van der Waals surface area contributed by atoms with Crippen LogP contribution in [0.4, 0.5) is 5.69 Å². The van der Waals surface area contributed by atoms with Gasteiger partial charge in [-0.2, -0.15) is 0 Å². The normalized spacial score (nSPS) is 9.00. The van der Waals surface area contributed by atoms with Crippen LogP contribution in [0.15, 0.2) is 30.3 Å². The molecule has 1 nitrogen and oxygen atoms in total. The third kappa shape index (κ3) is 1.94. The Morgan fingerprint density at radius 2 is 1.89 bits per heavy atom. The van der Waals surface area contributed by atoms with E-state index < -0.39 is 0 Å².